The van der Waals surface area contributed by atoms with Crippen LogP contribution in [0.5, 0.6) is 11.5 Å². The molecule has 0 spiro atoms. The summed E-state index contributed by atoms with van der Waals surface area (Å²) in [7, 11) is 0. The number of aryl methyl sites for hydroxylation is 1. The van der Waals surface area contributed by atoms with E-state index < -0.39 is 30.2 Å². The van der Waals surface area contributed by atoms with Gasteiger partial charge in [0.2, 0.25) is 5.91 Å². The zero-order chi connectivity index (χ0) is 23.3. The minimum Gasteiger partial charge on any atom is -0.490 e. The second-order valence-electron chi connectivity index (χ2n) is 6.65. The second-order valence-corrected chi connectivity index (χ2v) is 7.64. The lowest BCUT2D eigenvalue weighted by atomic mass is 10.2. The van der Waals surface area contributed by atoms with Crippen LogP contribution in [0, 0.1) is 6.92 Å². The van der Waals surface area contributed by atoms with Gasteiger partial charge in [-0.3, -0.25) is 19.3 Å². The number of nitrogens with one attached hydrogen (secondary N) is 1. The van der Waals surface area contributed by atoms with E-state index in [1.54, 1.807) is 19.1 Å². The Hall–Kier alpha value is -3.40. The Labute approximate surface area is 187 Å². The molecule has 1 fully saturated rings. The summed E-state index contributed by atoms with van der Waals surface area (Å²) >= 11 is 0.689. The fourth-order valence-electron chi connectivity index (χ4n) is 2.91. The van der Waals surface area contributed by atoms with Crippen LogP contribution in [0.25, 0.3) is 6.08 Å². The number of nitrogens with zero attached hydrogens (tertiary/aromatic N) is 1. The average molecular weight is 462 g/mol. The quantitative estimate of drug-likeness (QED) is 0.574. The van der Waals surface area contributed by atoms with E-state index in [-0.39, 0.29) is 23.0 Å². The molecule has 0 aromatic heterocycles. The van der Waals surface area contributed by atoms with Gasteiger partial charge >= 0.3 is 6.61 Å². The van der Waals surface area contributed by atoms with Crippen molar-refractivity contribution in [2.75, 3.05) is 18.5 Å². The van der Waals surface area contributed by atoms with E-state index in [9.17, 15) is 23.2 Å². The topological polar surface area (TPSA) is 84.9 Å². The third kappa shape index (κ3) is 5.64. The largest absolute Gasteiger partial charge is 0.490 e. The Balaban J connectivity index is 1.74. The maximum absolute atomic E-state index is 12.7. The smallest absolute Gasteiger partial charge is 0.387 e. The van der Waals surface area contributed by atoms with Crippen molar-refractivity contribution in [2.45, 2.75) is 20.5 Å². The van der Waals surface area contributed by atoms with E-state index in [0.717, 1.165) is 10.5 Å². The Morgan fingerprint density at radius 1 is 1.19 bits per heavy atom. The van der Waals surface area contributed by atoms with Crippen molar-refractivity contribution < 1.29 is 32.6 Å². The van der Waals surface area contributed by atoms with Crippen LogP contribution >= 0.6 is 11.8 Å². The average Bonchev–Trinajstić information content (AvgIpc) is 2.99. The van der Waals surface area contributed by atoms with Gasteiger partial charge in [0.1, 0.15) is 6.54 Å². The van der Waals surface area contributed by atoms with Crippen LogP contribution in [0.4, 0.5) is 19.3 Å². The van der Waals surface area contributed by atoms with Gasteiger partial charge in [0.05, 0.1) is 11.5 Å². The van der Waals surface area contributed by atoms with Gasteiger partial charge in [-0.25, -0.2) is 0 Å². The molecule has 1 aliphatic rings. The maximum Gasteiger partial charge on any atom is 0.387 e. The normalized spacial score (nSPS) is 14.9. The lowest BCUT2D eigenvalue weighted by Crippen LogP contribution is -2.36. The maximum atomic E-state index is 12.7. The van der Waals surface area contributed by atoms with Crippen LogP contribution < -0.4 is 14.8 Å². The fourth-order valence-corrected chi connectivity index (χ4v) is 3.75. The molecule has 0 saturated carbocycles. The summed E-state index contributed by atoms with van der Waals surface area (Å²) in [6, 6.07) is 11.3. The van der Waals surface area contributed by atoms with Gasteiger partial charge in [-0.15, -0.1) is 0 Å². The number of ether oxygens (including phenoxy) is 2. The molecule has 168 valence electrons. The number of carbonyl (C=O) groups is 3. The van der Waals surface area contributed by atoms with Crippen molar-refractivity contribution in [1.82, 2.24) is 4.90 Å². The second kappa shape index (κ2) is 10.3. The van der Waals surface area contributed by atoms with Gasteiger partial charge in [-0.05, 0) is 61.0 Å². The highest BCUT2D eigenvalue weighted by atomic mass is 32.2. The molecule has 0 atom stereocenters. The molecule has 0 radical (unpaired) electrons. The molecule has 0 unspecified atom stereocenters. The lowest BCUT2D eigenvalue weighted by molar-refractivity contribution is -0.127. The zero-order valence-corrected chi connectivity index (χ0v) is 18.1. The highest BCUT2D eigenvalue weighted by Crippen LogP contribution is 2.35. The Morgan fingerprint density at radius 2 is 1.94 bits per heavy atom. The number of thioether (sulfide) groups is 1. The summed E-state index contributed by atoms with van der Waals surface area (Å²) in [5, 5.41) is 2.10. The molecule has 2 aromatic carbocycles. The predicted molar refractivity (Wildman–Crippen MR) is 117 cm³/mol. The summed E-state index contributed by atoms with van der Waals surface area (Å²) in [6.45, 7) is 0.290. The van der Waals surface area contributed by atoms with Gasteiger partial charge < -0.3 is 14.8 Å². The predicted octanol–water partition coefficient (Wildman–Crippen LogP) is 4.67. The van der Waals surface area contributed by atoms with E-state index >= 15 is 0 Å². The van der Waals surface area contributed by atoms with Crippen LogP contribution in [0.2, 0.25) is 0 Å². The summed E-state index contributed by atoms with van der Waals surface area (Å²) in [5.74, 6) is -1.18. The van der Waals surface area contributed by atoms with Crippen molar-refractivity contribution in [3.8, 4) is 11.5 Å². The molecule has 3 rings (SSSR count). The molecule has 2 aromatic rings. The molecule has 7 nitrogen and oxygen atoms in total. The van der Waals surface area contributed by atoms with Gasteiger partial charge in [0.25, 0.3) is 11.1 Å². The van der Waals surface area contributed by atoms with Gasteiger partial charge in [-0.1, -0.05) is 24.3 Å². The molecule has 1 aliphatic heterocycles. The van der Waals surface area contributed by atoms with E-state index in [1.807, 2.05) is 19.1 Å². The van der Waals surface area contributed by atoms with Crippen LogP contribution in [0.1, 0.15) is 18.1 Å². The Bertz CT molecular complexity index is 1070. The molecular formula is C22H20F2N2O5S. The molecule has 1 saturated heterocycles. The first-order valence-electron chi connectivity index (χ1n) is 9.61. The van der Waals surface area contributed by atoms with Crippen molar-refractivity contribution in [1.29, 1.82) is 0 Å². The first-order chi connectivity index (χ1) is 15.3. The number of para-hydroxylation sites is 1. The van der Waals surface area contributed by atoms with Gasteiger partial charge in [0.15, 0.2) is 11.5 Å². The molecule has 1 heterocycles. The Morgan fingerprint density at radius 3 is 2.62 bits per heavy atom. The molecule has 0 bridgehead atoms. The fraction of sp³-hybridized carbons (Fsp3) is 0.227. The van der Waals surface area contributed by atoms with Gasteiger partial charge in [0, 0.05) is 5.69 Å². The number of halogens is 2. The SMILES string of the molecule is CCOc1cc(/C=C2/SC(=O)N(CC(=O)Nc3ccccc3C)C2=O)ccc1OC(F)F. The highest BCUT2D eigenvalue weighted by molar-refractivity contribution is 8.18. The van der Waals surface area contributed by atoms with Crippen LogP contribution in [-0.2, 0) is 9.59 Å². The number of carbonyl (C=O) groups excluding carboxylic acids is 3. The number of benzene rings is 2. The highest BCUT2D eigenvalue weighted by Gasteiger charge is 2.36. The van der Waals surface area contributed by atoms with E-state index in [2.05, 4.69) is 10.1 Å². The molecule has 3 amide bonds. The summed E-state index contributed by atoms with van der Waals surface area (Å²) < 4.78 is 34.9. The molecular weight excluding hydrogens is 442 g/mol. The number of alkyl halides is 2. The number of hydrogen-bond donors (Lipinski definition) is 1. The standard InChI is InChI=1S/C22H20F2N2O5S/c1-3-30-17-10-14(8-9-16(17)31-21(23)24)11-18-20(28)26(22(29)32-18)12-19(27)25-15-7-5-4-6-13(15)2/h4-11,21H,3,12H2,1-2H3,(H,25,27)/b18-11+. The van der Waals surface area contributed by atoms with E-state index in [1.165, 1.54) is 24.3 Å². The number of imide groups is 1. The van der Waals surface area contributed by atoms with Crippen LogP contribution in [0.15, 0.2) is 47.4 Å². The third-order valence-electron chi connectivity index (χ3n) is 4.38. The minimum absolute atomic E-state index is 0.0818. The summed E-state index contributed by atoms with van der Waals surface area (Å²) in [5.41, 5.74) is 1.89. The number of rotatable bonds is 8. The van der Waals surface area contributed by atoms with Gasteiger partial charge in [-0.2, -0.15) is 8.78 Å². The lowest BCUT2D eigenvalue weighted by Gasteiger charge is -2.13. The summed E-state index contributed by atoms with van der Waals surface area (Å²) in [6.07, 6.45) is 1.43. The van der Waals surface area contributed by atoms with E-state index in [0.29, 0.717) is 23.0 Å². The Kier molecular flexibility index (Phi) is 7.47. The first kappa shape index (κ1) is 23.3. The summed E-state index contributed by atoms with van der Waals surface area (Å²) in [4.78, 5) is 38.3. The monoisotopic (exact) mass is 462 g/mol. The molecule has 32 heavy (non-hydrogen) atoms. The van der Waals surface area contributed by atoms with E-state index in [4.69, 9.17) is 4.74 Å². The van der Waals surface area contributed by atoms with Crippen molar-refractivity contribution in [3.05, 3.63) is 58.5 Å². The van der Waals surface area contributed by atoms with Crippen LogP contribution in [0.3, 0.4) is 0 Å². The molecule has 1 N–H and O–H groups in total. The number of anilines is 1. The minimum atomic E-state index is -3.01. The zero-order valence-electron chi connectivity index (χ0n) is 17.3. The first-order valence-corrected chi connectivity index (χ1v) is 10.4. The number of amides is 3. The number of hydrogen-bond acceptors (Lipinski definition) is 6. The third-order valence-corrected chi connectivity index (χ3v) is 5.28. The molecule has 10 heteroatoms. The van der Waals surface area contributed by atoms with Crippen LogP contribution in [-0.4, -0.2) is 41.7 Å². The van der Waals surface area contributed by atoms with Crippen molar-refractivity contribution in [2.24, 2.45) is 0 Å². The van der Waals surface area contributed by atoms with Crippen molar-refractivity contribution in [3.63, 3.8) is 0 Å². The van der Waals surface area contributed by atoms with Crippen molar-refractivity contribution >= 4 is 40.6 Å². The molecule has 0 aliphatic carbocycles.